The fourth-order valence-electron chi connectivity index (χ4n) is 0.674. The molecule has 0 spiro atoms. The van der Waals surface area contributed by atoms with Crippen LogP contribution in [0.25, 0.3) is 0 Å². The molecule has 0 heterocycles. The second kappa shape index (κ2) is 5.94. The molecule has 11 heavy (non-hydrogen) atoms. The highest BCUT2D eigenvalue weighted by molar-refractivity contribution is 5.77. The predicted molar refractivity (Wildman–Crippen MR) is 44.7 cm³/mol. The van der Waals surface area contributed by atoms with E-state index >= 15 is 0 Å². The molecule has 0 saturated heterocycles. The summed E-state index contributed by atoms with van der Waals surface area (Å²) in [7, 11) is 0. The Kier molecular flexibility index (Phi) is 5.50. The van der Waals surface area contributed by atoms with Gasteiger partial charge in [0, 0.05) is 0 Å². The van der Waals surface area contributed by atoms with E-state index in [2.05, 4.69) is 10.4 Å². The van der Waals surface area contributed by atoms with Crippen molar-refractivity contribution in [3.05, 3.63) is 0 Å². The number of aliphatic hydroxyl groups is 1. The quantitative estimate of drug-likeness (QED) is 0.182. The summed E-state index contributed by atoms with van der Waals surface area (Å²) in [5.41, 5.74) is 7.40. The molecule has 0 fully saturated rings. The van der Waals surface area contributed by atoms with E-state index in [1.165, 1.54) is 0 Å². The summed E-state index contributed by atoms with van der Waals surface area (Å²) in [5.74, 6) is 5.10. The van der Waals surface area contributed by atoms with Crippen molar-refractivity contribution < 1.29 is 5.11 Å². The van der Waals surface area contributed by atoms with Crippen LogP contribution in [-0.2, 0) is 0 Å². The van der Waals surface area contributed by atoms with Crippen molar-refractivity contribution in [2.75, 3.05) is 6.54 Å². The second-order valence-corrected chi connectivity index (χ2v) is 2.31. The lowest BCUT2D eigenvalue weighted by Crippen LogP contribution is -2.37. The summed E-state index contributed by atoms with van der Waals surface area (Å²) in [6, 6.07) is 0. The van der Waals surface area contributed by atoms with Crippen LogP contribution in [0.15, 0.2) is 4.99 Å². The van der Waals surface area contributed by atoms with Crippen molar-refractivity contribution in [1.29, 1.82) is 0 Å². The molecule has 0 saturated carbocycles. The third-order valence-electron chi connectivity index (χ3n) is 1.24. The van der Waals surface area contributed by atoms with Gasteiger partial charge < -0.3 is 10.8 Å². The minimum Gasteiger partial charge on any atom is -0.391 e. The van der Waals surface area contributed by atoms with Crippen molar-refractivity contribution in [2.45, 2.75) is 25.9 Å². The molecule has 0 amide bonds. The molecule has 0 aliphatic heterocycles. The van der Waals surface area contributed by atoms with Gasteiger partial charge in [0.2, 0.25) is 5.96 Å². The standard InChI is InChI=1S/C6H16N4O/c1-2-3-5(11)4-9-6(7)10-8/h5,11H,2-4,8H2,1H3,(H3,7,9,10). The molecular formula is C6H16N4O. The average Bonchev–Trinajstić information content (AvgIpc) is 2.01. The minimum absolute atomic E-state index is 0.153. The molecule has 0 aromatic heterocycles. The zero-order valence-electron chi connectivity index (χ0n) is 6.75. The van der Waals surface area contributed by atoms with Crippen molar-refractivity contribution in [2.24, 2.45) is 16.6 Å². The molecule has 0 rings (SSSR count). The van der Waals surface area contributed by atoms with Crippen LogP contribution in [0, 0.1) is 0 Å². The van der Waals surface area contributed by atoms with Gasteiger partial charge >= 0.3 is 0 Å². The molecule has 1 unspecified atom stereocenters. The molecule has 1 atom stereocenters. The zero-order chi connectivity index (χ0) is 8.69. The first-order chi connectivity index (χ1) is 5.20. The third kappa shape index (κ3) is 5.63. The van der Waals surface area contributed by atoms with Gasteiger partial charge in [-0.15, -0.1) is 0 Å². The molecule has 0 bridgehead atoms. The Morgan fingerprint density at radius 2 is 2.36 bits per heavy atom. The summed E-state index contributed by atoms with van der Waals surface area (Å²) in [6.07, 6.45) is 1.26. The highest BCUT2D eigenvalue weighted by atomic mass is 16.3. The lowest BCUT2D eigenvalue weighted by molar-refractivity contribution is 0.172. The van der Waals surface area contributed by atoms with E-state index in [1.807, 2.05) is 6.92 Å². The molecule has 0 aromatic rings. The number of aliphatic hydroxyl groups excluding tert-OH is 1. The maximum absolute atomic E-state index is 9.16. The van der Waals surface area contributed by atoms with E-state index in [-0.39, 0.29) is 5.96 Å². The van der Waals surface area contributed by atoms with Gasteiger partial charge in [-0.3, -0.25) is 5.43 Å². The molecule has 5 nitrogen and oxygen atoms in total. The van der Waals surface area contributed by atoms with Crippen LogP contribution >= 0.6 is 0 Å². The Hall–Kier alpha value is -0.810. The number of aliphatic imine (C=N–C) groups is 1. The number of hydrogen-bond acceptors (Lipinski definition) is 3. The molecular weight excluding hydrogens is 144 g/mol. The summed E-state index contributed by atoms with van der Waals surface area (Å²) < 4.78 is 0. The van der Waals surface area contributed by atoms with Gasteiger partial charge in [-0.05, 0) is 6.42 Å². The Morgan fingerprint density at radius 1 is 1.73 bits per heavy atom. The molecule has 0 aliphatic carbocycles. The number of nitrogens with one attached hydrogen (secondary N) is 1. The van der Waals surface area contributed by atoms with Crippen molar-refractivity contribution in [3.63, 3.8) is 0 Å². The smallest absolute Gasteiger partial charge is 0.203 e. The topological polar surface area (TPSA) is 96.7 Å². The summed E-state index contributed by atoms with van der Waals surface area (Å²) >= 11 is 0. The predicted octanol–water partition coefficient (Wildman–Crippen LogP) is -1.07. The van der Waals surface area contributed by atoms with Crippen molar-refractivity contribution in [1.82, 2.24) is 5.43 Å². The number of nitrogens with zero attached hydrogens (tertiary/aromatic N) is 1. The largest absolute Gasteiger partial charge is 0.391 e. The Bertz CT molecular complexity index is 126. The first-order valence-corrected chi connectivity index (χ1v) is 3.65. The number of guanidine groups is 1. The first kappa shape index (κ1) is 10.2. The number of hydrazine groups is 1. The zero-order valence-corrected chi connectivity index (χ0v) is 6.75. The van der Waals surface area contributed by atoms with Crippen LogP contribution in [-0.4, -0.2) is 23.7 Å². The Balaban J connectivity index is 3.50. The van der Waals surface area contributed by atoms with Crippen molar-refractivity contribution in [3.8, 4) is 0 Å². The highest BCUT2D eigenvalue weighted by Crippen LogP contribution is 1.95. The summed E-state index contributed by atoms with van der Waals surface area (Å²) in [6.45, 7) is 2.31. The van der Waals surface area contributed by atoms with E-state index in [9.17, 15) is 0 Å². The van der Waals surface area contributed by atoms with Gasteiger partial charge in [-0.2, -0.15) is 0 Å². The summed E-state index contributed by atoms with van der Waals surface area (Å²) in [5, 5.41) is 9.16. The monoisotopic (exact) mass is 160 g/mol. The van der Waals surface area contributed by atoms with Crippen LogP contribution < -0.4 is 17.0 Å². The SMILES string of the molecule is CCCC(O)CN=C(N)NN. The minimum atomic E-state index is -0.410. The maximum atomic E-state index is 9.16. The number of nitrogens with two attached hydrogens (primary N) is 2. The Labute approximate surface area is 66.5 Å². The normalized spacial score (nSPS) is 14.6. The molecule has 5 heteroatoms. The van der Waals surface area contributed by atoms with Gasteiger partial charge in [-0.25, -0.2) is 10.8 Å². The van der Waals surface area contributed by atoms with Gasteiger partial charge in [0.25, 0.3) is 0 Å². The van der Waals surface area contributed by atoms with Gasteiger partial charge in [0.15, 0.2) is 0 Å². The molecule has 0 aliphatic rings. The highest BCUT2D eigenvalue weighted by Gasteiger charge is 1.99. The van der Waals surface area contributed by atoms with Gasteiger partial charge in [0.1, 0.15) is 0 Å². The maximum Gasteiger partial charge on any atom is 0.203 e. The van der Waals surface area contributed by atoms with Crippen LogP contribution in [0.2, 0.25) is 0 Å². The van der Waals surface area contributed by atoms with Crippen LogP contribution in [0.4, 0.5) is 0 Å². The summed E-state index contributed by atoms with van der Waals surface area (Å²) in [4.78, 5) is 3.77. The number of rotatable bonds is 4. The van der Waals surface area contributed by atoms with Gasteiger partial charge in [-0.1, -0.05) is 13.3 Å². The van der Waals surface area contributed by atoms with Crippen LogP contribution in [0.3, 0.4) is 0 Å². The van der Waals surface area contributed by atoms with E-state index in [0.717, 1.165) is 12.8 Å². The lowest BCUT2D eigenvalue weighted by atomic mass is 10.2. The molecule has 6 N–H and O–H groups in total. The van der Waals surface area contributed by atoms with Crippen LogP contribution in [0.1, 0.15) is 19.8 Å². The van der Waals surface area contributed by atoms with Crippen LogP contribution in [0.5, 0.6) is 0 Å². The third-order valence-corrected chi connectivity index (χ3v) is 1.24. The van der Waals surface area contributed by atoms with E-state index in [0.29, 0.717) is 6.54 Å². The lowest BCUT2D eigenvalue weighted by Gasteiger charge is -2.05. The van der Waals surface area contributed by atoms with E-state index < -0.39 is 6.10 Å². The Morgan fingerprint density at radius 3 is 2.82 bits per heavy atom. The second-order valence-electron chi connectivity index (χ2n) is 2.31. The fraction of sp³-hybridized carbons (Fsp3) is 0.833. The molecule has 0 radical (unpaired) electrons. The van der Waals surface area contributed by atoms with E-state index in [4.69, 9.17) is 16.7 Å². The first-order valence-electron chi connectivity index (χ1n) is 3.65. The van der Waals surface area contributed by atoms with Crippen molar-refractivity contribution >= 4 is 5.96 Å². The molecule has 0 aromatic carbocycles. The average molecular weight is 160 g/mol. The molecule has 66 valence electrons. The van der Waals surface area contributed by atoms with Gasteiger partial charge in [0.05, 0.1) is 12.6 Å². The fourth-order valence-corrected chi connectivity index (χ4v) is 0.674. The number of hydrogen-bond donors (Lipinski definition) is 4. The van der Waals surface area contributed by atoms with E-state index in [1.54, 1.807) is 0 Å².